The zero-order valence-electron chi connectivity index (χ0n) is 14.6. The lowest BCUT2D eigenvalue weighted by atomic mass is 10.1. The molecule has 1 atom stereocenters. The van der Waals surface area contributed by atoms with Crippen LogP contribution in [-0.4, -0.2) is 33.5 Å². The summed E-state index contributed by atoms with van der Waals surface area (Å²) in [6.45, 7) is 1.00. The van der Waals surface area contributed by atoms with Crippen molar-refractivity contribution in [3.8, 4) is 0 Å². The van der Waals surface area contributed by atoms with Gasteiger partial charge >= 0.3 is 0 Å². The Bertz CT molecular complexity index is 786. The van der Waals surface area contributed by atoms with Crippen LogP contribution in [0.2, 0.25) is 0 Å². The number of likely N-dealkylation sites (tertiary alicyclic amines) is 1. The lowest BCUT2D eigenvalue weighted by Gasteiger charge is -2.16. The van der Waals surface area contributed by atoms with Crippen molar-refractivity contribution in [1.82, 2.24) is 15.1 Å². The van der Waals surface area contributed by atoms with Crippen molar-refractivity contribution in [1.29, 1.82) is 0 Å². The molecule has 2 aliphatic rings. The van der Waals surface area contributed by atoms with E-state index in [0.717, 1.165) is 23.4 Å². The topological polar surface area (TPSA) is 75.2 Å². The fourth-order valence-corrected chi connectivity index (χ4v) is 4.65. The van der Waals surface area contributed by atoms with Gasteiger partial charge in [0.15, 0.2) is 0 Å². The number of rotatable bonds is 5. The van der Waals surface area contributed by atoms with Gasteiger partial charge in [0, 0.05) is 25.4 Å². The first kappa shape index (κ1) is 17.1. The smallest absolute Gasteiger partial charge is 0.231 e. The Kier molecular flexibility index (Phi) is 4.97. The first-order chi connectivity index (χ1) is 12.7. The SMILES string of the molecule is O=C(Nc1nnc(C2CCCC2)s1)[C@@H]1CC(=O)N(Cc2ccccc2)C1. The summed E-state index contributed by atoms with van der Waals surface area (Å²) in [5.74, 6) is 0.0542. The number of hydrogen-bond acceptors (Lipinski definition) is 5. The minimum absolute atomic E-state index is 0.0258. The van der Waals surface area contributed by atoms with Crippen LogP contribution in [0.25, 0.3) is 0 Å². The molecule has 4 rings (SSSR count). The van der Waals surface area contributed by atoms with E-state index in [1.54, 1.807) is 4.90 Å². The maximum Gasteiger partial charge on any atom is 0.231 e. The molecule has 0 spiro atoms. The molecule has 136 valence electrons. The van der Waals surface area contributed by atoms with Crippen molar-refractivity contribution in [3.05, 3.63) is 40.9 Å². The van der Waals surface area contributed by atoms with Gasteiger partial charge in [-0.15, -0.1) is 10.2 Å². The Morgan fingerprint density at radius 1 is 1.19 bits per heavy atom. The maximum absolute atomic E-state index is 12.5. The van der Waals surface area contributed by atoms with Crippen molar-refractivity contribution in [2.24, 2.45) is 5.92 Å². The van der Waals surface area contributed by atoms with Crippen LogP contribution in [0.4, 0.5) is 5.13 Å². The van der Waals surface area contributed by atoms with E-state index >= 15 is 0 Å². The fourth-order valence-electron chi connectivity index (χ4n) is 3.73. The van der Waals surface area contributed by atoms with Crippen LogP contribution in [0.5, 0.6) is 0 Å². The van der Waals surface area contributed by atoms with Gasteiger partial charge in [-0.1, -0.05) is 54.5 Å². The van der Waals surface area contributed by atoms with Gasteiger partial charge < -0.3 is 10.2 Å². The number of nitrogens with zero attached hydrogens (tertiary/aromatic N) is 3. The summed E-state index contributed by atoms with van der Waals surface area (Å²) in [6.07, 6.45) is 5.07. The van der Waals surface area contributed by atoms with Crippen molar-refractivity contribution in [3.63, 3.8) is 0 Å². The zero-order chi connectivity index (χ0) is 17.9. The average molecular weight is 370 g/mol. The molecular weight excluding hydrogens is 348 g/mol. The highest BCUT2D eigenvalue weighted by Gasteiger charge is 2.34. The molecule has 1 aromatic heterocycles. The summed E-state index contributed by atoms with van der Waals surface area (Å²) in [6, 6.07) is 9.85. The van der Waals surface area contributed by atoms with Gasteiger partial charge in [-0.3, -0.25) is 9.59 Å². The van der Waals surface area contributed by atoms with E-state index in [1.165, 1.54) is 24.2 Å². The third-order valence-electron chi connectivity index (χ3n) is 5.18. The number of aromatic nitrogens is 2. The summed E-state index contributed by atoms with van der Waals surface area (Å²) >= 11 is 1.47. The second-order valence-electron chi connectivity index (χ2n) is 7.08. The van der Waals surface area contributed by atoms with Gasteiger partial charge in [0.1, 0.15) is 5.01 Å². The van der Waals surface area contributed by atoms with Crippen LogP contribution >= 0.6 is 11.3 Å². The summed E-state index contributed by atoms with van der Waals surface area (Å²) in [5, 5.41) is 12.8. The summed E-state index contributed by atoms with van der Waals surface area (Å²) < 4.78 is 0. The van der Waals surface area contributed by atoms with Crippen molar-refractivity contribution >= 4 is 28.3 Å². The molecule has 1 aliphatic carbocycles. The number of nitrogens with one attached hydrogen (secondary N) is 1. The maximum atomic E-state index is 12.5. The van der Waals surface area contributed by atoms with Gasteiger partial charge in [-0.25, -0.2) is 0 Å². The molecule has 0 radical (unpaired) electrons. The molecule has 6 nitrogen and oxygen atoms in total. The van der Waals surface area contributed by atoms with E-state index < -0.39 is 0 Å². The number of anilines is 1. The summed E-state index contributed by atoms with van der Waals surface area (Å²) in [4.78, 5) is 26.5. The van der Waals surface area contributed by atoms with E-state index in [9.17, 15) is 9.59 Å². The van der Waals surface area contributed by atoms with Gasteiger partial charge in [-0.2, -0.15) is 0 Å². The molecule has 1 saturated heterocycles. The molecule has 1 aromatic carbocycles. The normalized spacial score (nSPS) is 20.7. The van der Waals surface area contributed by atoms with E-state index in [1.807, 2.05) is 30.3 Å². The molecule has 2 aromatic rings. The Balaban J connectivity index is 1.34. The highest BCUT2D eigenvalue weighted by Crippen LogP contribution is 2.36. The van der Waals surface area contributed by atoms with Crippen molar-refractivity contribution < 1.29 is 9.59 Å². The average Bonchev–Trinajstić information content (AvgIpc) is 3.38. The molecular formula is C19H22N4O2S. The van der Waals surface area contributed by atoms with Crippen LogP contribution in [-0.2, 0) is 16.1 Å². The van der Waals surface area contributed by atoms with E-state index in [4.69, 9.17) is 0 Å². The fraction of sp³-hybridized carbons (Fsp3) is 0.474. The van der Waals surface area contributed by atoms with Crippen LogP contribution in [0.3, 0.4) is 0 Å². The minimum atomic E-state index is -0.329. The predicted octanol–water partition coefficient (Wildman–Crippen LogP) is 3.18. The van der Waals surface area contributed by atoms with Crippen molar-refractivity contribution in [2.45, 2.75) is 44.6 Å². The Morgan fingerprint density at radius 2 is 1.96 bits per heavy atom. The Labute approximate surface area is 156 Å². The molecule has 26 heavy (non-hydrogen) atoms. The molecule has 2 fully saturated rings. The molecule has 2 heterocycles. The van der Waals surface area contributed by atoms with Gasteiger partial charge in [0.05, 0.1) is 5.92 Å². The third kappa shape index (κ3) is 3.77. The largest absolute Gasteiger partial charge is 0.338 e. The number of hydrogen-bond donors (Lipinski definition) is 1. The molecule has 1 aliphatic heterocycles. The summed E-state index contributed by atoms with van der Waals surface area (Å²) in [5.41, 5.74) is 1.08. The minimum Gasteiger partial charge on any atom is -0.338 e. The monoisotopic (exact) mass is 370 g/mol. The predicted molar refractivity (Wildman–Crippen MR) is 99.7 cm³/mol. The molecule has 7 heteroatoms. The number of carbonyl (C=O) groups is 2. The van der Waals surface area contributed by atoms with Gasteiger partial charge in [0.2, 0.25) is 16.9 Å². The van der Waals surface area contributed by atoms with E-state index in [2.05, 4.69) is 15.5 Å². The third-order valence-corrected chi connectivity index (χ3v) is 6.18. The molecule has 0 bridgehead atoms. The highest BCUT2D eigenvalue weighted by molar-refractivity contribution is 7.15. The molecule has 2 amide bonds. The standard InChI is InChI=1S/C19H22N4O2S/c24-16-10-15(12-23(16)11-13-6-2-1-3-7-13)17(25)20-19-22-21-18(26-19)14-8-4-5-9-14/h1-3,6-7,14-15H,4-5,8-12H2,(H,20,22,25)/t15-/m1/s1. The molecule has 1 saturated carbocycles. The Morgan fingerprint density at radius 3 is 2.73 bits per heavy atom. The molecule has 0 unspecified atom stereocenters. The first-order valence-corrected chi connectivity index (χ1v) is 9.96. The lowest BCUT2D eigenvalue weighted by molar-refractivity contribution is -0.128. The van der Waals surface area contributed by atoms with Crippen LogP contribution in [0.15, 0.2) is 30.3 Å². The van der Waals surface area contributed by atoms with E-state index in [-0.39, 0.29) is 24.2 Å². The second kappa shape index (κ2) is 7.53. The number of amides is 2. The van der Waals surface area contributed by atoms with Crippen LogP contribution < -0.4 is 5.32 Å². The van der Waals surface area contributed by atoms with Crippen LogP contribution in [0, 0.1) is 5.92 Å². The second-order valence-corrected chi connectivity index (χ2v) is 8.09. The van der Waals surface area contributed by atoms with Gasteiger partial charge in [0.25, 0.3) is 0 Å². The Hall–Kier alpha value is -2.28. The lowest BCUT2D eigenvalue weighted by Crippen LogP contribution is -2.28. The first-order valence-electron chi connectivity index (χ1n) is 9.15. The van der Waals surface area contributed by atoms with Gasteiger partial charge in [-0.05, 0) is 18.4 Å². The highest BCUT2D eigenvalue weighted by atomic mass is 32.1. The van der Waals surface area contributed by atoms with Crippen LogP contribution in [0.1, 0.15) is 48.6 Å². The summed E-state index contributed by atoms with van der Waals surface area (Å²) in [7, 11) is 0. The number of carbonyl (C=O) groups excluding carboxylic acids is 2. The molecule has 1 N–H and O–H groups in total. The van der Waals surface area contributed by atoms with Crippen molar-refractivity contribution in [2.75, 3.05) is 11.9 Å². The quantitative estimate of drug-likeness (QED) is 0.877. The van der Waals surface area contributed by atoms with E-state index in [0.29, 0.717) is 24.1 Å². The zero-order valence-corrected chi connectivity index (χ0v) is 15.4. The number of benzene rings is 1.